The Balaban J connectivity index is 1.48. The lowest BCUT2D eigenvalue weighted by atomic mass is 10.2. The minimum atomic E-state index is -3.52. The smallest absolute Gasteiger partial charge is 0.255 e. The van der Waals surface area contributed by atoms with Gasteiger partial charge >= 0.3 is 0 Å². The third-order valence-corrected chi connectivity index (χ3v) is 7.74. The van der Waals surface area contributed by atoms with Crippen LogP contribution in [0, 0.1) is 0 Å². The number of carbonyl (C=O) groups excluding carboxylic acids is 1. The molecular weight excluding hydrogens is 414 g/mol. The van der Waals surface area contributed by atoms with Crippen LogP contribution in [-0.4, -0.2) is 58.0 Å². The highest BCUT2D eigenvalue weighted by Gasteiger charge is 2.25. The van der Waals surface area contributed by atoms with E-state index in [1.807, 2.05) is 24.3 Å². The molecule has 8 heteroatoms. The summed E-state index contributed by atoms with van der Waals surface area (Å²) in [5.74, 6) is -0.264. The number of carbonyl (C=O) groups is 1. The molecule has 31 heavy (non-hydrogen) atoms. The van der Waals surface area contributed by atoms with Crippen LogP contribution in [0.15, 0.2) is 53.4 Å². The third kappa shape index (κ3) is 5.08. The molecule has 0 bridgehead atoms. The molecule has 166 valence electrons. The predicted octanol–water partition coefficient (Wildman–Crippen LogP) is 3.34. The molecule has 4 rings (SSSR count). The molecule has 0 atom stereocenters. The molecule has 2 aromatic carbocycles. The van der Waals surface area contributed by atoms with Gasteiger partial charge in [0.05, 0.1) is 29.5 Å². The average molecular weight is 444 g/mol. The van der Waals surface area contributed by atoms with Crippen LogP contribution in [0.5, 0.6) is 0 Å². The molecule has 2 aliphatic heterocycles. The van der Waals surface area contributed by atoms with Gasteiger partial charge in [0.15, 0.2) is 0 Å². The van der Waals surface area contributed by atoms with Gasteiger partial charge in [-0.2, -0.15) is 4.31 Å². The van der Waals surface area contributed by atoms with Crippen molar-refractivity contribution in [3.63, 3.8) is 0 Å². The number of nitrogens with one attached hydrogen (secondary N) is 1. The molecule has 0 spiro atoms. The molecule has 2 saturated heterocycles. The summed E-state index contributed by atoms with van der Waals surface area (Å²) in [7, 11) is -3.52. The number of anilines is 2. The lowest BCUT2D eigenvalue weighted by molar-refractivity contribution is 0.102. The Labute approximate surface area is 184 Å². The molecule has 0 radical (unpaired) electrons. The number of hydrogen-bond acceptors (Lipinski definition) is 5. The molecule has 0 aromatic heterocycles. The van der Waals surface area contributed by atoms with Gasteiger partial charge in [0.1, 0.15) is 0 Å². The summed E-state index contributed by atoms with van der Waals surface area (Å²) in [4.78, 5) is 15.3. The summed E-state index contributed by atoms with van der Waals surface area (Å²) in [6.07, 6.45) is 3.92. The van der Waals surface area contributed by atoms with Crippen molar-refractivity contribution in [2.45, 2.75) is 30.6 Å². The Hall–Kier alpha value is -2.42. The van der Waals surface area contributed by atoms with E-state index in [4.69, 9.17) is 4.74 Å². The average Bonchev–Trinajstić information content (AvgIpc) is 3.10. The zero-order valence-corrected chi connectivity index (χ0v) is 18.4. The second kappa shape index (κ2) is 9.80. The molecule has 2 heterocycles. The van der Waals surface area contributed by atoms with E-state index in [0.717, 1.165) is 50.1 Å². The monoisotopic (exact) mass is 443 g/mol. The van der Waals surface area contributed by atoms with Crippen molar-refractivity contribution in [3.8, 4) is 0 Å². The minimum Gasteiger partial charge on any atom is -0.378 e. The normalized spacial score (nSPS) is 18.4. The summed E-state index contributed by atoms with van der Waals surface area (Å²) in [6, 6.07) is 13.9. The number of sulfonamides is 1. The van der Waals surface area contributed by atoms with E-state index < -0.39 is 10.0 Å². The number of benzene rings is 2. The second-order valence-electron chi connectivity index (χ2n) is 7.91. The Bertz CT molecular complexity index is 994. The maximum atomic E-state index is 12.9. The number of morpholine rings is 1. The van der Waals surface area contributed by atoms with E-state index >= 15 is 0 Å². The summed E-state index contributed by atoms with van der Waals surface area (Å²) in [6.45, 7) is 3.99. The van der Waals surface area contributed by atoms with Crippen molar-refractivity contribution in [1.82, 2.24) is 4.31 Å². The molecular formula is C23H29N3O4S. The number of amides is 1. The topological polar surface area (TPSA) is 79.0 Å². The molecule has 1 N–H and O–H groups in total. The summed E-state index contributed by atoms with van der Waals surface area (Å²) in [5, 5.41) is 2.97. The summed E-state index contributed by atoms with van der Waals surface area (Å²) in [5.41, 5.74) is 2.11. The van der Waals surface area contributed by atoms with Gasteiger partial charge in [-0.1, -0.05) is 25.0 Å². The molecule has 2 aliphatic rings. The van der Waals surface area contributed by atoms with Gasteiger partial charge in [-0.25, -0.2) is 8.42 Å². The van der Waals surface area contributed by atoms with Gasteiger partial charge in [0.25, 0.3) is 5.91 Å². The molecule has 0 unspecified atom stereocenters. The van der Waals surface area contributed by atoms with Gasteiger partial charge in [0.2, 0.25) is 10.0 Å². The van der Waals surface area contributed by atoms with E-state index in [9.17, 15) is 13.2 Å². The van der Waals surface area contributed by atoms with Crippen molar-refractivity contribution < 1.29 is 17.9 Å². The minimum absolute atomic E-state index is 0.236. The lowest BCUT2D eigenvalue weighted by Gasteiger charge is -2.30. The van der Waals surface area contributed by atoms with E-state index in [0.29, 0.717) is 31.9 Å². The fraction of sp³-hybridized carbons (Fsp3) is 0.435. The molecule has 2 aromatic rings. The summed E-state index contributed by atoms with van der Waals surface area (Å²) < 4.78 is 32.9. The maximum Gasteiger partial charge on any atom is 0.255 e. The molecule has 1 amide bonds. The number of ether oxygens (including phenoxy) is 1. The quantitative estimate of drug-likeness (QED) is 0.767. The van der Waals surface area contributed by atoms with Crippen LogP contribution in [0.4, 0.5) is 11.4 Å². The fourth-order valence-corrected chi connectivity index (χ4v) is 5.58. The third-order valence-electron chi connectivity index (χ3n) is 5.82. The second-order valence-corrected chi connectivity index (χ2v) is 9.85. The van der Waals surface area contributed by atoms with E-state index in [1.54, 1.807) is 16.4 Å². The van der Waals surface area contributed by atoms with E-state index in [-0.39, 0.29) is 10.8 Å². The van der Waals surface area contributed by atoms with Gasteiger partial charge in [0, 0.05) is 31.7 Å². The van der Waals surface area contributed by atoms with Crippen LogP contribution in [0.1, 0.15) is 36.0 Å². The number of nitrogens with zero attached hydrogens (tertiary/aromatic N) is 2. The SMILES string of the molecule is O=C(Nc1ccccc1N1CCOCC1)c1ccc(S(=O)(=O)N2CCCCCC2)cc1. The highest BCUT2D eigenvalue weighted by atomic mass is 32.2. The highest BCUT2D eigenvalue weighted by molar-refractivity contribution is 7.89. The van der Waals surface area contributed by atoms with Crippen molar-refractivity contribution in [3.05, 3.63) is 54.1 Å². The molecule has 0 saturated carbocycles. The summed E-state index contributed by atoms with van der Waals surface area (Å²) >= 11 is 0. The Morgan fingerprint density at radius 3 is 2.16 bits per heavy atom. The number of para-hydroxylation sites is 2. The largest absolute Gasteiger partial charge is 0.378 e. The lowest BCUT2D eigenvalue weighted by Crippen LogP contribution is -2.36. The first kappa shape index (κ1) is 21.8. The highest BCUT2D eigenvalue weighted by Crippen LogP contribution is 2.27. The van der Waals surface area contributed by atoms with Gasteiger partial charge < -0.3 is 15.0 Å². The fourth-order valence-electron chi connectivity index (χ4n) is 4.06. The molecule has 2 fully saturated rings. The van der Waals surface area contributed by atoms with E-state index in [2.05, 4.69) is 10.2 Å². The van der Waals surface area contributed by atoms with Crippen LogP contribution >= 0.6 is 0 Å². The van der Waals surface area contributed by atoms with E-state index in [1.165, 1.54) is 12.1 Å². The first-order chi connectivity index (χ1) is 15.1. The zero-order valence-electron chi connectivity index (χ0n) is 17.6. The standard InChI is InChI=1S/C23H29N3O4S/c27-23(24-21-7-3-4-8-22(21)25-15-17-30-18-16-25)19-9-11-20(12-10-19)31(28,29)26-13-5-1-2-6-14-26/h3-4,7-12H,1-2,5-6,13-18H2,(H,24,27). The molecule has 0 aliphatic carbocycles. The van der Waals surface area contributed by atoms with Crippen LogP contribution in [0.2, 0.25) is 0 Å². The Kier molecular flexibility index (Phi) is 6.89. The van der Waals surface area contributed by atoms with Gasteiger partial charge in [-0.3, -0.25) is 4.79 Å². The first-order valence-electron chi connectivity index (χ1n) is 10.9. The van der Waals surface area contributed by atoms with Crippen molar-refractivity contribution in [2.75, 3.05) is 49.6 Å². The predicted molar refractivity (Wildman–Crippen MR) is 121 cm³/mol. The number of rotatable bonds is 5. The van der Waals surface area contributed by atoms with Crippen LogP contribution in [0.25, 0.3) is 0 Å². The van der Waals surface area contributed by atoms with Crippen LogP contribution in [-0.2, 0) is 14.8 Å². The number of hydrogen-bond donors (Lipinski definition) is 1. The van der Waals surface area contributed by atoms with Crippen molar-refractivity contribution in [2.24, 2.45) is 0 Å². The van der Waals surface area contributed by atoms with Crippen molar-refractivity contribution in [1.29, 1.82) is 0 Å². The Morgan fingerprint density at radius 1 is 0.839 bits per heavy atom. The van der Waals surface area contributed by atoms with Crippen molar-refractivity contribution >= 4 is 27.3 Å². The molecule has 7 nitrogen and oxygen atoms in total. The van der Waals surface area contributed by atoms with Crippen LogP contribution < -0.4 is 10.2 Å². The maximum absolute atomic E-state index is 12.9. The zero-order chi connectivity index (χ0) is 21.7. The Morgan fingerprint density at radius 2 is 1.48 bits per heavy atom. The first-order valence-corrected chi connectivity index (χ1v) is 12.3. The van der Waals surface area contributed by atoms with Crippen LogP contribution in [0.3, 0.4) is 0 Å². The van der Waals surface area contributed by atoms with Gasteiger partial charge in [-0.05, 0) is 49.2 Å². The van der Waals surface area contributed by atoms with Gasteiger partial charge in [-0.15, -0.1) is 0 Å².